The molecule has 1 unspecified atom stereocenters. The van der Waals surface area contributed by atoms with Crippen LogP contribution in [-0.2, 0) is 4.79 Å². The number of amides is 1. The van der Waals surface area contributed by atoms with Crippen LogP contribution >= 0.6 is 24.0 Å². The predicted octanol–water partition coefficient (Wildman–Crippen LogP) is 0.762. The van der Waals surface area contributed by atoms with Crippen LogP contribution in [0.4, 0.5) is 0 Å². The Hall–Kier alpha value is -0.820. The highest BCUT2D eigenvalue weighted by Gasteiger charge is 2.11. The first-order valence-corrected chi connectivity index (χ1v) is 5.30. The summed E-state index contributed by atoms with van der Waals surface area (Å²) in [7, 11) is 0. The Morgan fingerprint density at radius 1 is 1.92 bits per heavy atom. The highest BCUT2D eigenvalue weighted by atomic mass is 32.2. The van der Waals surface area contributed by atoms with Gasteiger partial charge in [-0.2, -0.15) is 16.9 Å². The van der Waals surface area contributed by atoms with E-state index in [9.17, 15) is 4.79 Å². The van der Waals surface area contributed by atoms with E-state index >= 15 is 0 Å². The molecule has 72 valence electrons. The minimum absolute atomic E-state index is 0.0926. The average Bonchev–Trinajstić information content (AvgIpc) is 2.50. The summed E-state index contributed by atoms with van der Waals surface area (Å²) < 4.78 is 1.76. The summed E-state index contributed by atoms with van der Waals surface area (Å²) in [6, 6.07) is 0. The third-order valence-corrected chi connectivity index (χ3v) is 2.71. The third-order valence-electron chi connectivity index (χ3n) is 1.51. The number of nitrogens with zero attached hydrogens (tertiary/aromatic N) is 2. The third kappa shape index (κ3) is 2.56. The molecule has 5 nitrogen and oxygen atoms in total. The lowest BCUT2D eigenvalue weighted by atomic mass is 10.5. The number of carbonyl (C=O) groups excluding carboxylic acids is 1. The number of nitrogens with one attached hydrogen (secondary N) is 2. The first-order valence-electron chi connectivity index (χ1n) is 3.61. The molecule has 7 heteroatoms. The molecule has 0 fully saturated rings. The Kier molecular flexibility index (Phi) is 3.49. The molecule has 0 aliphatic carbocycles. The van der Waals surface area contributed by atoms with Gasteiger partial charge < -0.3 is 0 Å². The van der Waals surface area contributed by atoms with Crippen molar-refractivity contribution < 1.29 is 4.79 Å². The van der Waals surface area contributed by atoms with E-state index in [2.05, 4.69) is 15.6 Å². The zero-order chi connectivity index (χ0) is 9.84. The van der Waals surface area contributed by atoms with Gasteiger partial charge in [0.1, 0.15) is 6.33 Å². The Morgan fingerprint density at radius 2 is 2.62 bits per heavy atom. The lowest BCUT2D eigenvalue weighted by Gasteiger charge is -2.08. The average molecular weight is 218 g/mol. The van der Waals surface area contributed by atoms with E-state index in [1.165, 1.54) is 22.8 Å². The molecule has 0 aliphatic heterocycles. The molecule has 0 aliphatic rings. The number of rotatable bonds is 3. The van der Waals surface area contributed by atoms with Crippen LogP contribution in [0.5, 0.6) is 0 Å². The molecule has 1 rings (SSSR count). The summed E-state index contributed by atoms with van der Waals surface area (Å²) in [6.45, 7) is 1.82. The first kappa shape index (κ1) is 10.3. The molecule has 1 atom stereocenters. The van der Waals surface area contributed by atoms with Gasteiger partial charge in [-0.3, -0.25) is 15.3 Å². The fraction of sp³-hybridized carbons (Fsp3) is 0.500. The molecule has 0 spiro atoms. The van der Waals surface area contributed by atoms with Crippen molar-refractivity contribution in [3.63, 3.8) is 0 Å². The van der Waals surface area contributed by atoms with Gasteiger partial charge in [0.25, 0.3) is 5.91 Å². The maximum atomic E-state index is 11.4. The van der Waals surface area contributed by atoms with E-state index in [1.54, 1.807) is 0 Å². The maximum Gasteiger partial charge on any atom is 0.251 e. The normalized spacial score (nSPS) is 12.5. The molecular formula is C6H10N4OS2. The van der Waals surface area contributed by atoms with Crippen LogP contribution in [0, 0.1) is 4.77 Å². The molecule has 1 heterocycles. The molecule has 0 saturated heterocycles. The van der Waals surface area contributed by atoms with E-state index in [0.717, 1.165) is 0 Å². The summed E-state index contributed by atoms with van der Waals surface area (Å²) in [5, 5.41) is 6.11. The van der Waals surface area contributed by atoms with E-state index in [-0.39, 0.29) is 11.2 Å². The number of hydrogen-bond donors (Lipinski definition) is 2. The van der Waals surface area contributed by atoms with Crippen LogP contribution in [0.15, 0.2) is 6.33 Å². The maximum absolute atomic E-state index is 11.4. The van der Waals surface area contributed by atoms with Crippen LogP contribution in [0.25, 0.3) is 0 Å². The Morgan fingerprint density at radius 3 is 3.08 bits per heavy atom. The zero-order valence-corrected chi connectivity index (χ0v) is 8.91. The fourth-order valence-corrected chi connectivity index (χ4v) is 1.06. The lowest BCUT2D eigenvalue weighted by molar-refractivity contribution is -0.116. The van der Waals surface area contributed by atoms with Gasteiger partial charge in [0.2, 0.25) is 4.77 Å². The molecule has 1 amide bonds. The second kappa shape index (κ2) is 4.43. The number of thioether (sulfide) groups is 1. The summed E-state index contributed by atoms with van der Waals surface area (Å²) in [6.07, 6.45) is 3.30. The molecule has 2 N–H and O–H groups in total. The minimum atomic E-state index is -0.100. The van der Waals surface area contributed by atoms with Gasteiger partial charge in [0.05, 0.1) is 5.25 Å². The number of aromatic amines is 1. The predicted molar refractivity (Wildman–Crippen MR) is 54.8 cm³/mol. The Bertz CT molecular complexity index is 344. The topological polar surface area (TPSA) is 62.7 Å². The zero-order valence-electron chi connectivity index (χ0n) is 7.27. The van der Waals surface area contributed by atoms with Gasteiger partial charge in [-0.05, 0) is 25.4 Å². The largest absolute Gasteiger partial charge is 0.272 e. The molecule has 1 aromatic rings. The van der Waals surface area contributed by atoms with Gasteiger partial charge in [-0.1, -0.05) is 0 Å². The molecule has 0 aromatic carbocycles. The Labute approximate surface area is 84.9 Å². The lowest BCUT2D eigenvalue weighted by Crippen LogP contribution is -2.29. The van der Waals surface area contributed by atoms with Crippen molar-refractivity contribution in [2.75, 3.05) is 11.7 Å². The highest BCUT2D eigenvalue weighted by molar-refractivity contribution is 7.99. The Balaban J connectivity index is 2.65. The second-order valence-corrected chi connectivity index (χ2v) is 3.95. The standard InChI is InChI=1S/C6H10N4OS2/c1-4(13-2)5(11)9-10-3-7-8-6(10)12/h3-4H,1-2H3,(H,8,12)(H,9,11). The summed E-state index contributed by atoms with van der Waals surface area (Å²) in [4.78, 5) is 11.4. The monoisotopic (exact) mass is 218 g/mol. The quantitative estimate of drug-likeness (QED) is 0.735. The molecule has 1 aromatic heterocycles. The SMILES string of the molecule is CSC(C)C(=O)Nn1cn[nH]c1=S. The summed E-state index contributed by atoms with van der Waals surface area (Å²) in [5.41, 5.74) is 2.60. The van der Waals surface area contributed by atoms with Crippen LogP contribution in [0.1, 0.15) is 6.92 Å². The van der Waals surface area contributed by atoms with Crippen molar-refractivity contribution in [2.24, 2.45) is 0 Å². The van der Waals surface area contributed by atoms with Crippen molar-refractivity contribution in [3.05, 3.63) is 11.1 Å². The number of hydrogen-bond acceptors (Lipinski definition) is 4. The molecular weight excluding hydrogens is 208 g/mol. The first-order chi connectivity index (χ1) is 6.15. The van der Waals surface area contributed by atoms with Gasteiger partial charge in [-0.15, -0.1) is 0 Å². The van der Waals surface area contributed by atoms with Crippen LogP contribution < -0.4 is 5.43 Å². The van der Waals surface area contributed by atoms with Crippen molar-refractivity contribution >= 4 is 29.9 Å². The van der Waals surface area contributed by atoms with Gasteiger partial charge in [-0.25, -0.2) is 4.68 Å². The van der Waals surface area contributed by atoms with Crippen molar-refractivity contribution in [1.29, 1.82) is 0 Å². The molecule has 0 radical (unpaired) electrons. The summed E-state index contributed by atoms with van der Waals surface area (Å²) in [5.74, 6) is -0.0926. The van der Waals surface area contributed by atoms with Crippen LogP contribution in [-0.4, -0.2) is 32.3 Å². The highest BCUT2D eigenvalue weighted by Crippen LogP contribution is 2.04. The number of carbonyl (C=O) groups is 1. The van der Waals surface area contributed by atoms with Crippen molar-refractivity contribution in [1.82, 2.24) is 14.9 Å². The van der Waals surface area contributed by atoms with E-state index in [4.69, 9.17) is 12.2 Å². The van der Waals surface area contributed by atoms with Crippen molar-refractivity contribution in [3.8, 4) is 0 Å². The number of H-pyrrole nitrogens is 1. The number of aromatic nitrogens is 3. The molecule has 0 saturated carbocycles. The molecule has 0 bridgehead atoms. The second-order valence-electron chi connectivity index (χ2n) is 2.39. The summed E-state index contributed by atoms with van der Waals surface area (Å²) >= 11 is 6.32. The smallest absolute Gasteiger partial charge is 0.251 e. The minimum Gasteiger partial charge on any atom is -0.272 e. The molecule has 13 heavy (non-hydrogen) atoms. The van der Waals surface area contributed by atoms with E-state index < -0.39 is 0 Å². The van der Waals surface area contributed by atoms with Crippen LogP contribution in [0.2, 0.25) is 0 Å². The van der Waals surface area contributed by atoms with Gasteiger partial charge in [0.15, 0.2) is 0 Å². The van der Waals surface area contributed by atoms with E-state index in [1.807, 2.05) is 13.2 Å². The van der Waals surface area contributed by atoms with Gasteiger partial charge >= 0.3 is 0 Å². The van der Waals surface area contributed by atoms with Crippen molar-refractivity contribution in [2.45, 2.75) is 12.2 Å². The fourth-order valence-electron chi connectivity index (χ4n) is 0.644. The van der Waals surface area contributed by atoms with Gasteiger partial charge in [0, 0.05) is 0 Å². The van der Waals surface area contributed by atoms with Crippen LogP contribution in [0.3, 0.4) is 0 Å². The van der Waals surface area contributed by atoms with E-state index in [0.29, 0.717) is 4.77 Å².